The summed E-state index contributed by atoms with van der Waals surface area (Å²) in [6, 6.07) is 0. The molecule has 27 heavy (non-hydrogen) atoms. The Morgan fingerprint density at radius 1 is 0.667 bits per heavy atom. The third-order valence-electron chi connectivity index (χ3n) is 3.17. The van der Waals surface area contributed by atoms with Crippen molar-refractivity contribution in [1.29, 1.82) is 0 Å². The van der Waals surface area contributed by atoms with Gasteiger partial charge >= 0.3 is 0 Å². The monoisotopic (exact) mass is 393 g/mol. The van der Waals surface area contributed by atoms with E-state index in [9.17, 15) is 9.59 Å². The molecule has 4 N–H and O–H groups in total. The Kier molecular flexibility index (Phi) is 20.0. The Hall–Kier alpha value is -1.30. The number of amides is 2. The van der Waals surface area contributed by atoms with Gasteiger partial charge in [0.1, 0.15) is 0 Å². The van der Waals surface area contributed by atoms with Gasteiger partial charge in [-0.1, -0.05) is 0 Å². The van der Waals surface area contributed by atoms with Crippen molar-refractivity contribution in [3.8, 4) is 0 Å². The molecule has 0 aromatic rings. The van der Waals surface area contributed by atoms with Crippen LogP contribution in [-0.4, -0.2) is 98.0 Å². The van der Waals surface area contributed by atoms with Gasteiger partial charge in [0.05, 0.1) is 66.1 Å². The predicted octanol–water partition coefficient (Wildman–Crippen LogP) is -1.33. The van der Waals surface area contributed by atoms with Crippen molar-refractivity contribution in [3.05, 3.63) is 0 Å². The van der Waals surface area contributed by atoms with Crippen LogP contribution >= 0.6 is 0 Å². The molecule has 0 heterocycles. The summed E-state index contributed by atoms with van der Waals surface area (Å²) in [5.41, 5.74) is 5.28. The van der Waals surface area contributed by atoms with Crippen molar-refractivity contribution in [2.75, 3.05) is 86.2 Å². The fourth-order valence-electron chi connectivity index (χ4n) is 1.75. The molecule has 2 amide bonds. The highest BCUT2D eigenvalue weighted by molar-refractivity contribution is 5.76. The summed E-state index contributed by atoms with van der Waals surface area (Å²) in [4.78, 5) is 22.4. The molecule has 160 valence electrons. The summed E-state index contributed by atoms with van der Waals surface area (Å²) < 4.78 is 26.4. The number of hydrogen-bond acceptors (Lipinski definition) is 8. The number of rotatable bonds is 20. The minimum absolute atomic E-state index is 0.0416. The van der Waals surface area contributed by atoms with E-state index in [-0.39, 0.29) is 11.8 Å². The molecule has 0 aromatic heterocycles. The van der Waals surface area contributed by atoms with Crippen LogP contribution in [0.25, 0.3) is 0 Å². The quantitative estimate of drug-likeness (QED) is 0.217. The van der Waals surface area contributed by atoms with E-state index >= 15 is 0 Å². The van der Waals surface area contributed by atoms with E-state index in [2.05, 4.69) is 10.6 Å². The maximum absolute atomic E-state index is 11.5. The number of carbonyl (C=O) groups is 2. The second kappa shape index (κ2) is 21.0. The zero-order valence-corrected chi connectivity index (χ0v) is 16.3. The molecule has 0 radical (unpaired) electrons. The maximum Gasteiger partial charge on any atom is 0.222 e. The third-order valence-corrected chi connectivity index (χ3v) is 3.17. The first-order chi connectivity index (χ1) is 13.2. The third kappa shape index (κ3) is 20.9. The normalized spacial score (nSPS) is 10.7. The second-order valence-corrected chi connectivity index (χ2v) is 5.37. The number of nitrogens with one attached hydrogen (secondary N) is 2. The van der Waals surface area contributed by atoms with Crippen molar-refractivity contribution in [2.24, 2.45) is 5.73 Å². The molecule has 0 saturated heterocycles. The minimum Gasteiger partial charge on any atom is -0.379 e. The molecule has 0 unspecified atom stereocenters. The Labute approximate surface area is 161 Å². The average Bonchev–Trinajstić information content (AvgIpc) is 2.67. The van der Waals surface area contributed by atoms with Crippen LogP contribution in [0, 0.1) is 0 Å². The predicted molar refractivity (Wildman–Crippen MR) is 99.5 cm³/mol. The van der Waals surface area contributed by atoms with Crippen LogP contribution in [0.5, 0.6) is 0 Å². The van der Waals surface area contributed by atoms with Crippen molar-refractivity contribution < 1.29 is 33.3 Å². The second-order valence-electron chi connectivity index (χ2n) is 5.37. The standard InChI is InChI=1S/C17H35N3O7/c1-19-16(21)2-6-23-10-12-26-14-15-27-13-11-24-7-3-17(22)20-5-9-25-8-4-18/h2-15,18H2,1H3,(H,19,21)(H,20,22). The van der Waals surface area contributed by atoms with Crippen LogP contribution < -0.4 is 16.4 Å². The summed E-state index contributed by atoms with van der Waals surface area (Å²) >= 11 is 0. The van der Waals surface area contributed by atoms with Crippen molar-refractivity contribution >= 4 is 11.8 Å². The molecule has 0 fully saturated rings. The smallest absolute Gasteiger partial charge is 0.222 e. The van der Waals surface area contributed by atoms with Gasteiger partial charge in [0.2, 0.25) is 11.8 Å². The Bertz CT molecular complexity index is 359. The first kappa shape index (κ1) is 25.7. The van der Waals surface area contributed by atoms with Gasteiger partial charge in [0, 0.05) is 33.0 Å². The summed E-state index contributed by atoms with van der Waals surface area (Å²) in [5, 5.41) is 5.25. The van der Waals surface area contributed by atoms with E-state index < -0.39 is 0 Å². The van der Waals surface area contributed by atoms with Gasteiger partial charge in [-0.25, -0.2) is 0 Å². The van der Waals surface area contributed by atoms with Gasteiger partial charge in [0.15, 0.2) is 0 Å². The van der Waals surface area contributed by atoms with E-state index in [1.807, 2.05) is 0 Å². The summed E-state index contributed by atoms with van der Waals surface area (Å²) in [5.74, 6) is -0.113. The van der Waals surface area contributed by atoms with Crippen LogP contribution in [0.15, 0.2) is 0 Å². The molecule has 0 atom stereocenters. The van der Waals surface area contributed by atoms with Crippen LogP contribution in [-0.2, 0) is 33.3 Å². The zero-order valence-electron chi connectivity index (χ0n) is 16.3. The lowest BCUT2D eigenvalue weighted by molar-refractivity contribution is -0.123. The lowest BCUT2D eigenvalue weighted by atomic mass is 10.4. The number of hydrogen-bond donors (Lipinski definition) is 3. The minimum atomic E-state index is -0.0711. The Morgan fingerprint density at radius 2 is 1.11 bits per heavy atom. The lowest BCUT2D eigenvalue weighted by Gasteiger charge is -2.08. The zero-order chi connectivity index (χ0) is 20.0. The van der Waals surface area contributed by atoms with Crippen LogP contribution in [0.3, 0.4) is 0 Å². The fraction of sp³-hybridized carbons (Fsp3) is 0.882. The molecule has 0 spiro atoms. The number of nitrogens with two attached hydrogens (primary N) is 1. The average molecular weight is 393 g/mol. The van der Waals surface area contributed by atoms with Crippen molar-refractivity contribution in [1.82, 2.24) is 10.6 Å². The molecular weight excluding hydrogens is 358 g/mol. The van der Waals surface area contributed by atoms with Crippen LogP contribution in [0.4, 0.5) is 0 Å². The van der Waals surface area contributed by atoms with E-state index in [1.165, 1.54) is 0 Å². The van der Waals surface area contributed by atoms with Crippen LogP contribution in [0.1, 0.15) is 12.8 Å². The van der Waals surface area contributed by atoms with Gasteiger partial charge < -0.3 is 40.1 Å². The topological polar surface area (TPSA) is 130 Å². The van der Waals surface area contributed by atoms with Gasteiger partial charge in [-0.2, -0.15) is 0 Å². The summed E-state index contributed by atoms with van der Waals surface area (Å²) in [6.07, 6.45) is 0.657. The SMILES string of the molecule is CNC(=O)CCOCCOCCOCCOCCC(=O)NCCOCCN. The molecule has 0 aliphatic rings. The molecule has 0 saturated carbocycles. The molecule has 0 aliphatic heterocycles. The Balaban J connectivity index is 3.14. The molecule has 0 aliphatic carbocycles. The highest BCUT2D eigenvalue weighted by Crippen LogP contribution is 1.87. The highest BCUT2D eigenvalue weighted by Gasteiger charge is 2.00. The summed E-state index contributed by atoms with van der Waals surface area (Å²) in [6.45, 7) is 5.35. The van der Waals surface area contributed by atoms with Gasteiger partial charge in [0.25, 0.3) is 0 Å². The van der Waals surface area contributed by atoms with E-state index in [1.54, 1.807) is 7.05 Å². The van der Waals surface area contributed by atoms with E-state index in [4.69, 9.17) is 29.4 Å². The van der Waals surface area contributed by atoms with Crippen molar-refractivity contribution in [3.63, 3.8) is 0 Å². The largest absolute Gasteiger partial charge is 0.379 e. The Morgan fingerprint density at radius 3 is 1.59 bits per heavy atom. The van der Waals surface area contributed by atoms with Gasteiger partial charge in [-0.3, -0.25) is 9.59 Å². The summed E-state index contributed by atoms with van der Waals surface area (Å²) in [7, 11) is 1.59. The number of ether oxygens (including phenoxy) is 5. The number of carbonyl (C=O) groups excluding carboxylic acids is 2. The first-order valence-electron chi connectivity index (χ1n) is 9.26. The molecule has 0 rings (SSSR count). The molecule has 0 aromatic carbocycles. The highest BCUT2D eigenvalue weighted by atomic mass is 16.6. The maximum atomic E-state index is 11.5. The molecular formula is C17H35N3O7. The van der Waals surface area contributed by atoms with Crippen LogP contribution in [0.2, 0.25) is 0 Å². The van der Waals surface area contributed by atoms with E-state index in [0.29, 0.717) is 92.0 Å². The van der Waals surface area contributed by atoms with E-state index in [0.717, 1.165) is 0 Å². The molecule has 10 heteroatoms. The molecule has 0 bridgehead atoms. The van der Waals surface area contributed by atoms with Gasteiger partial charge in [-0.05, 0) is 0 Å². The van der Waals surface area contributed by atoms with Crippen molar-refractivity contribution in [2.45, 2.75) is 12.8 Å². The first-order valence-corrected chi connectivity index (χ1v) is 9.26. The fourth-order valence-corrected chi connectivity index (χ4v) is 1.75. The van der Waals surface area contributed by atoms with Gasteiger partial charge in [-0.15, -0.1) is 0 Å². The molecule has 10 nitrogen and oxygen atoms in total. The lowest BCUT2D eigenvalue weighted by Crippen LogP contribution is -2.28.